The Morgan fingerprint density at radius 3 is 2.83 bits per heavy atom. The number of aliphatic hydroxyl groups is 2. The van der Waals surface area contributed by atoms with Gasteiger partial charge >= 0.3 is 0 Å². The van der Waals surface area contributed by atoms with Gasteiger partial charge in [-0.3, -0.25) is 4.79 Å². The number of hydrogen-bond acceptors (Lipinski definition) is 3. The molecule has 1 aliphatic rings. The molecule has 1 aliphatic heterocycles. The lowest BCUT2D eigenvalue weighted by atomic mass is 9.89. The van der Waals surface area contributed by atoms with Crippen molar-refractivity contribution in [3.8, 4) is 0 Å². The zero-order chi connectivity index (χ0) is 13.3. The van der Waals surface area contributed by atoms with Gasteiger partial charge in [-0.2, -0.15) is 0 Å². The minimum Gasteiger partial charge on any atom is -0.396 e. The van der Waals surface area contributed by atoms with E-state index < -0.39 is 5.60 Å². The van der Waals surface area contributed by atoms with Crippen molar-refractivity contribution >= 4 is 11.6 Å². The fourth-order valence-electron chi connectivity index (χ4n) is 2.37. The highest BCUT2D eigenvalue weighted by atomic mass is 16.3. The van der Waals surface area contributed by atoms with Gasteiger partial charge in [-0.1, -0.05) is 12.1 Å². The van der Waals surface area contributed by atoms with E-state index in [1.807, 2.05) is 18.2 Å². The lowest BCUT2D eigenvalue weighted by Crippen LogP contribution is -2.22. The van der Waals surface area contributed by atoms with E-state index in [9.17, 15) is 9.90 Å². The molecule has 1 aromatic rings. The average Bonchev–Trinajstić information content (AvgIpc) is 2.62. The number of rotatable bonds is 4. The van der Waals surface area contributed by atoms with E-state index in [4.69, 9.17) is 5.11 Å². The van der Waals surface area contributed by atoms with Crippen LogP contribution in [0.2, 0.25) is 0 Å². The Hall–Kier alpha value is -1.39. The molecule has 1 unspecified atom stereocenters. The summed E-state index contributed by atoms with van der Waals surface area (Å²) < 4.78 is 0. The van der Waals surface area contributed by atoms with Crippen molar-refractivity contribution < 1.29 is 15.0 Å². The summed E-state index contributed by atoms with van der Waals surface area (Å²) in [7, 11) is 1.76. The smallest absolute Gasteiger partial charge is 0.231 e. The van der Waals surface area contributed by atoms with Crippen LogP contribution in [-0.4, -0.2) is 29.8 Å². The van der Waals surface area contributed by atoms with E-state index >= 15 is 0 Å². The van der Waals surface area contributed by atoms with Crippen LogP contribution in [0.4, 0.5) is 5.69 Å². The summed E-state index contributed by atoms with van der Waals surface area (Å²) in [6.45, 7) is 1.81. The molecule has 0 bridgehead atoms. The summed E-state index contributed by atoms with van der Waals surface area (Å²) in [5.74, 6) is 0.0807. The molecule has 1 aromatic carbocycles. The third-order valence-electron chi connectivity index (χ3n) is 3.60. The molecule has 0 radical (unpaired) electrons. The summed E-state index contributed by atoms with van der Waals surface area (Å²) in [6, 6.07) is 5.63. The van der Waals surface area contributed by atoms with Crippen molar-refractivity contribution in [2.24, 2.45) is 0 Å². The molecule has 0 aromatic heterocycles. The van der Waals surface area contributed by atoms with Crippen LogP contribution >= 0.6 is 0 Å². The summed E-state index contributed by atoms with van der Waals surface area (Å²) in [4.78, 5) is 13.2. The van der Waals surface area contributed by atoms with Crippen molar-refractivity contribution in [1.82, 2.24) is 0 Å². The monoisotopic (exact) mass is 249 g/mol. The van der Waals surface area contributed by atoms with Crippen LogP contribution < -0.4 is 4.90 Å². The number of carbonyl (C=O) groups is 1. The summed E-state index contributed by atoms with van der Waals surface area (Å²) in [5.41, 5.74) is 1.73. The molecule has 0 saturated carbocycles. The normalized spacial score (nSPS) is 17.8. The quantitative estimate of drug-likeness (QED) is 0.842. The number of aliphatic hydroxyl groups excluding tert-OH is 1. The Kier molecular flexibility index (Phi) is 3.41. The van der Waals surface area contributed by atoms with Gasteiger partial charge in [0.25, 0.3) is 0 Å². The van der Waals surface area contributed by atoms with Crippen molar-refractivity contribution in [2.75, 3.05) is 18.6 Å². The minimum atomic E-state index is -0.956. The highest BCUT2D eigenvalue weighted by Gasteiger charge is 2.28. The SMILES string of the molecule is CN1C(=O)Cc2cc(C(C)(O)CCCO)ccc21. The van der Waals surface area contributed by atoms with Gasteiger partial charge in [-0.15, -0.1) is 0 Å². The van der Waals surface area contributed by atoms with Gasteiger partial charge in [0.05, 0.1) is 12.0 Å². The first kappa shape index (κ1) is 13.1. The summed E-state index contributed by atoms with van der Waals surface area (Å²) in [6.07, 6.45) is 1.46. The first-order valence-corrected chi connectivity index (χ1v) is 6.19. The number of benzene rings is 1. The van der Waals surface area contributed by atoms with Crippen molar-refractivity contribution in [1.29, 1.82) is 0 Å². The number of anilines is 1. The van der Waals surface area contributed by atoms with Crippen molar-refractivity contribution in [3.63, 3.8) is 0 Å². The Morgan fingerprint density at radius 2 is 2.17 bits per heavy atom. The maximum absolute atomic E-state index is 11.6. The van der Waals surface area contributed by atoms with Gasteiger partial charge < -0.3 is 15.1 Å². The molecule has 18 heavy (non-hydrogen) atoms. The Balaban J connectivity index is 2.28. The zero-order valence-electron chi connectivity index (χ0n) is 10.8. The molecule has 1 heterocycles. The van der Waals surface area contributed by atoms with E-state index in [-0.39, 0.29) is 12.5 Å². The van der Waals surface area contributed by atoms with E-state index in [0.717, 1.165) is 16.8 Å². The standard InChI is InChI=1S/C14H19NO3/c1-14(18,6-3-7-16)11-4-5-12-10(8-11)9-13(17)15(12)2/h4-5,8,16,18H,3,6-7,9H2,1-2H3. The number of carbonyl (C=O) groups excluding carboxylic acids is 1. The molecule has 2 rings (SSSR count). The number of hydrogen-bond donors (Lipinski definition) is 2. The predicted octanol–water partition coefficient (Wildman–Crippen LogP) is 1.19. The molecule has 1 amide bonds. The van der Waals surface area contributed by atoms with Crippen LogP contribution in [-0.2, 0) is 16.8 Å². The molecule has 1 atom stereocenters. The number of fused-ring (bicyclic) bond motifs is 1. The Morgan fingerprint density at radius 1 is 1.44 bits per heavy atom. The van der Waals surface area contributed by atoms with Gasteiger partial charge in [0.1, 0.15) is 0 Å². The number of nitrogens with zero attached hydrogens (tertiary/aromatic N) is 1. The average molecular weight is 249 g/mol. The second-order valence-corrected chi connectivity index (χ2v) is 5.07. The van der Waals surface area contributed by atoms with Gasteiger partial charge in [-0.25, -0.2) is 0 Å². The molecule has 98 valence electrons. The molecule has 2 N–H and O–H groups in total. The number of likely N-dealkylation sites (N-methyl/N-ethyl adjacent to an activating group) is 1. The van der Waals surface area contributed by atoms with E-state index in [1.165, 1.54) is 0 Å². The highest BCUT2D eigenvalue weighted by molar-refractivity contribution is 6.00. The lowest BCUT2D eigenvalue weighted by molar-refractivity contribution is -0.117. The van der Waals surface area contributed by atoms with Crippen LogP contribution in [0.15, 0.2) is 18.2 Å². The minimum absolute atomic E-state index is 0.0717. The van der Waals surface area contributed by atoms with Crippen molar-refractivity contribution in [2.45, 2.75) is 31.8 Å². The second-order valence-electron chi connectivity index (χ2n) is 5.07. The van der Waals surface area contributed by atoms with Crippen LogP contribution in [0, 0.1) is 0 Å². The van der Waals surface area contributed by atoms with E-state index in [1.54, 1.807) is 18.9 Å². The molecule has 0 aliphatic carbocycles. The maximum atomic E-state index is 11.6. The molecule has 4 nitrogen and oxygen atoms in total. The van der Waals surface area contributed by atoms with Crippen LogP contribution in [0.5, 0.6) is 0 Å². The molecular weight excluding hydrogens is 230 g/mol. The lowest BCUT2D eigenvalue weighted by Gasteiger charge is -2.24. The molecule has 0 fully saturated rings. The third kappa shape index (κ3) is 2.26. The van der Waals surface area contributed by atoms with Crippen LogP contribution in [0.25, 0.3) is 0 Å². The largest absolute Gasteiger partial charge is 0.396 e. The van der Waals surface area contributed by atoms with Crippen molar-refractivity contribution in [3.05, 3.63) is 29.3 Å². The fourth-order valence-corrected chi connectivity index (χ4v) is 2.37. The molecular formula is C14H19NO3. The van der Waals surface area contributed by atoms with Crippen LogP contribution in [0.3, 0.4) is 0 Å². The fraction of sp³-hybridized carbons (Fsp3) is 0.500. The topological polar surface area (TPSA) is 60.8 Å². The Labute approximate surface area is 107 Å². The molecule has 0 spiro atoms. The second kappa shape index (κ2) is 4.71. The summed E-state index contributed by atoms with van der Waals surface area (Å²) in [5, 5.41) is 19.2. The predicted molar refractivity (Wildman–Crippen MR) is 69.4 cm³/mol. The Bertz CT molecular complexity index is 468. The molecule has 0 saturated heterocycles. The summed E-state index contributed by atoms with van der Waals surface area (Å²) >= 11 is 0. The first-order valence-electron chi connectivity index (χ1n) is 6.19. The van der Waals surface area contributed by atoms with Gasteiger partial charge in [-0.05, 0) is 37.0 Å². The molecule has 4 heteroatoms. The van der Waals surface area contributed by atoms with Gasteiger partial charge in [0, 0.05) is 19.3 Å². The van der Waals surface area contributed by atoms with Gasteiger partial charge in [0.2, 0.25) is 5.91 Å². The van der Waals surface area contributed by atoms with E-state index in [0.29, 0.717) is 19.3 Å². The van der Waals surface area contributed by atoms with E-state index in [2.05, 4.69) is 0 Å². The zero-order valence-corrected chi connectivity index (χ0v) is 10.8. The first-order chi connectivity index (χ1) is 8.45. The maximum Gasteiger partial charge on any atom is 0.231 e. The van der Waals surface area contributed by atoms with Crippen LogP contribution in [0.1, 0.15) is 30.9 Å². The highest BCUT2D eigenvalue weighted by Crippen LogP contribution is 2.33. The number of amides is 1. The third-order valence-corrected chi connectivity index (χ3v) is 3.60. The van der Waals surface area contributed by atoms with Gasteiger partial charge in [0.15, 0.2) is 0 Å².